The number of rotatable bonds is 4. The van der Waals surface area contributed by atoms with Gasteiger partial charge in [0, 0.05) is 30.7 Å². The van der Waals surface area contributed by atoms with E-state index in [-0.39, 0.29) is 0 Å². The molecule has 3 heterocycles. The first-order chi connectivity index (χ1) is 13.0. The first-order valence-corrected chi connectivity index (χ1v) is 9.63. The third-order valence-corrected chi connectivity index (χ3v) is 5.73. The lowest BCUT2D eigenvalue weighted by Crippen LogP contribution is -2.32. The van der Waals surface area contributed by atoms with E-state index in [2.05, 4.69) is 54.5 Å². The standard InChI is InChI=1S/C22H26N4O/c1-4-10-26-15(3)14(2)18-12-19(21(23)27)24-22(20(18)26)25-11-9-16-7-5-6-8-17(16)13-25/h5-8,12H,4,9-11,13H2,1-3H3,(H2,23,27). The van der Waals surface area contributed by atoms with Crippen LogP contribution >= 0.6 is 0 Å². The van der Waals surface area contributed by atoms with Gasteiger partial charge in [0.15, 0.2) is 5.82 Å². The van der Waals surface area contributed by atoms with E-state index in [9.17, 15) is 4.79 Å². The molecule has 27 heavy (non-hydrogen) atoms. The molecule has 0 saturated carbocycles. The number of primary amides is 1. The summed E-state index contributed by atoms with van der Waals surface area (Å²) in [4.78, 5) is 19.0. The predicted octanol–water partition coefficient (Wildman–Crippen LogP) is 3.72. The zero-order valence-electron chi connectivity index (χ0n) is 16.2. The second-order valence-electron chi connectivity index (χ2n) is 7.39. The van der Waals surface area contributed by atoms with Crippen LogP contribution in [-0.4, -0.2) is 22.0 Å². The number of aryl methyl sites for hydroxylation is 2. The number of hydrogen-bond acceptors (Lipinski definition) is 3. The number of nitrogens with two attached hydrogens (primary N) is 1. The van der Waals surface area contributed by atoms with Crippen LogP contribution in [0, 0.1) is 13.8 Å². The molecule has 0 unspecified atom stereocenters. The Bertz CT molecular complexity index is 1030. The molecule has 1 aromatic carbocycles. The van der Waals surface area contributed by atoms with Crippen LogP contribution in [0.1, 0.15) is 46.2 Å². The van der Waals surface area contributed by atoms with Crippen molar-refractivity contribution < 1.29 is 4.79 Å². The molecule has 0 saturated heterocycles. The number of benzene rings is 1. The number of anilines is 1. The van der Waals surface area contributed by atoms with Crippen LogP contribution in [0.15, 0.2) is 30.3 Å². The Morgan fingerprint density at radius 2 is 1.96 bits per heavy atom. The number of carbonyl (C=O) groups excluding carboxylic acids is 1. The van der Waals surface area contributed by atoms with E-state index in [1.807, 2.05) is 6.07 Å². The minimum absolute atomic E-state index is 0.341. The Kier molecular flexibility index (Phi) is 4.38. The van der Waals surface area contributed by atoms with Gasteiger partial charge in [-0.25, -0.2) is 4.98 Å². The van der Waals surface area contributed by atoms with Crippen molar-refractivity contribution >= 4 is 22.6 Å². The molecule has 0 radical (unpaired) electrons. The number of hydrogen-bond donors (Lipinski definition) is 1. The third kappa shape index (κ3) is 2.87. The summed E-state index contributed by atoms with van der Waals surface area (Å²) in [6, 6.07) is 10.4. The van der Waals surface area contributed by atoms with E-state index in [1.54, 1.807) is 0 Å². The van der Waals surface area contributed by atoms with Crippen LogP contribution in [0.5, 0.6) is 0 Å². The Balaban J connectivity index is 1.93. The van der Waals surface area contributed by atoms with Gasteiger partial charge >= 0.3 is 0 Å². The molecule has 5 heteroatoms. The van der Waals surface area contributed by atoms with Gasteiger partial charge in [0.1, 0.15) is 5.69 Å². The van der Waals surface area contributed by atoms with E-state index >= 15 is 0 Å². The number of nitrogens with zero attached hydrogens (tertiary/aromatic N) is 3. The van der Waals surface area contributed by atoms with Gasteiger partial charge < -0.3 is 15.2 Å². The fourth-order valence-electron chi connectivity index (χ4n) is 4.17. The van der Waals surface area contributed by atoms with Gasteiger partial charge in [0.2, 0.25) is 0 Å². The summed E-state index contributed by atoms with van der Waals surface area (Å²) in [7, 11) is 0. The molecule has 1 aliphatic heterocycles. The van der Waals surface area contributed by atoms with Gasteiger partial charge in [-0.3, -0.25) is 4.79 Å². The number of fused-ring (bicyclic) bond motifs is 2. The average molecular weight is 362 g/mol. The summed E-state index contributed by atoms with van der Waals surface area (Å²) in [5.74, 6) is 0.399. The van der Waals surface area contributed by atoms with Gasteiger partial charge in [0.25, 0.3) is 5.91 Å². The van der Waals surface area contributed by atoms with Gasteiger partial charge in [-0.05, 0) is 49.4 Å². The minimum Gasteiger partial charge on any atom is -0.364 e. The maximum atomic E-state index is 11.9. The number of carbonyl (C=O) groups is 1. The molecule has 140 valence electrons. The Morgan fingerprint density at radius 1 is 1.22 bits per heavy atom. The molecule has 0 bridgehead atoms. The van der Waals surface area contributed by atoms with E-state index in [1.165, 1.54) is 22.4 Å². The third-order valence-electron chi connectivity index (χ3n) is 5.73. The van der Waals surface area contributed by atoms with Gasteiger partial charge in [0.05, 0.1) is 5.52 Å². The van der Waals surface area contributed by atoms with E-state index in [4.69, 9.17) is 10.7 Å². The van der Waals surface area contributed by atoms with Crippen LogP contribution in [0.25, 0.3) is 10.9 Å². The highest BCUT2D eigenvalue weighted by molar-refractivity contribution is 6.00. The summed E-state index contributed by atoms with van der Waals surface area (Å²) >= 11 is 0. The molecule has 1 amide bonds. The number of aromatic nitrogens is 2. The molecule has 1 aliphatic rings. The molecule has 2 aromatic heterocycles. The first-order valence-electron chi connectivity index (χ1n) is 9.63. The van der Waals surface area contributed by atoms with E-state index in [0.717, 1.165) is 49.2 Å². The Labute approximate surface area is 159 Å². The van der Waals surface area contributed by atoms with Crippen LogP contribution < -0.4 is 10.6 Å². The number of amides is 1. The van der Waals surface area contributed by atoms with Crippen molar-refractivity contribution in [3.8, 4) is 0 Å². The van der Waals surface area contributed by atoms with Gasteiger partial charge in [-0.2, -0.15) is 0 Å². The van der Waals surface area contributed by atoms with E-state index < -0.39 is 5.91 Å². The van der Waals surface area contributed by atoms with Crippen molar-refractivity contribution in [1.82, 2.24) is 9.55 Å². The van der Waals surface area contributed by atoms with Gasteiger partial charge in [-0.15, -0.1) is 0 Å². The monoisotopic (exact) mass is 362 g/mol. The van der Waals surface area contributed by atoms with Crippen molar-refractivity contribution in [1.29, 1.82) is 0 Å². The molecule has 2 N–H and O–H groups in total. The molecule has 0 fully saturated rings. The van der Waals surface area contributed by atoms with Crippen molar-refractivity contribution in [2.24, 2.45) is 5.73 Å². The van der Waals surface area contributed by atoms with E-state index in [0.29, 0.717) is 5.69 Å². The molecule has 5 nitrogen and oxygen atoms in total. The lowest BCUT2D eigenvalue weighted by atomic mass is 10.00. The lowest BCUT2D eigenvalue weighted by molar-refractivity contribution is 0.0996. The highest BCUT2D eigenvalue weighted by Crippen LogP contribution is 2.35. The summed E-state index contributed by atoms with van der Waals surface area (Å²) in [6.45, 7) is 9.06. The molecule has 0 atom stereocenters. The normalized spacial score (nSPS) is 13.8. The zero-order valence-corrected chi connectivity index (χ0v) is 16.2. The maximum Gasteiger partial charge on any atom is 0.267 e. The van der Waals surface area contributed by atoms with Crippen LogP contribution in [0.3, 0.4) is 0 Å². The predicted molar refractivity (Wildman–Crippen MR) is 109 cm³/mol. The summed E-state index contributed by atoms with van der Waals surface area (Å²) in [6.07, 6.45) is 2.02. The van der Waals surface area contributed by atoms with Gasteiger partial charge in [-0.1, -0.05) is 31.2 Å². The van der Waals surface area contributed by atoms with Crippen LogP contribution in [-0.2, 0) is 19.5 Å². The lowest BCUT2D eigenvalue weighted by Gasteiger charge is -2.31. The Morgan fingerprint density at radius 3 is 2.67 bits per heavy atom. The average Bonchev–Trinajstić information content (AvgIpc) is 2.92. The molecule has 0 spiro atoms. The van der Waals surface area contributed by atoms with Crippen molar-refractivity contribution in [3.05, 3.63) is 58.4 Å². The second kappa shape index (κ2) is 6.72. The largest absolute Gasteiger partial charge is 0.364 e. The van der Waals surface area contributed by atoms with Crippen molar-refractivity contribution in [2.45, 2.75) is 46.7 Å². The fourth-order valence-corrected chi connectivity index (χ4v) is 4.17. The zero-order chi connectivity index (χ0) is 19.1. The summed E-state index contributed by atoms with van der Waals surface area (Å²) < 4.78 is 2.35. The smallest absolute Gasteiger partial charge is 0.267 e. The highest BCUT2D eigenvalue weighted by Gasteiger charge is 2.24. The minimum atomic E-state index is -0.476. The molecular weight excluding hydrogens is 336 g/mol. The maximum absolute atomic E-state index is 11.9. The summed E-state index contributed by atoms with van der Waals surface area (Å²) in [5, 5.41) is 1.08. The fraction of sp³-hybridized carbons (Fsp3) is 0.364. The Hall–Kier alpha value is -2.82. The first kappa shape index (κ1) is 17.6. The van der Waals surface area contributed by atoms with Crippen molar-refractivity contribution in [3.63, 3.8) is 0 Å². The SMILES string of the molecule is CCCn1c(C)c(C)c2cc(C(N)=O)nc(N3CCc4ccccc4C3)c21. The van der Waals surface area contributed by atoms with Crippen molar-refractivity contribution in [2.75, 3.05) is 11.4 Å². The quantitative estimate of drug-likeness (QED) is 0.769. The molecule has 3 aromatic rings. The second-order valence-corrected chi connectivity index (χ2v) is 7.39. The molecule has 4 rings (SSSR count). The summed E-state index contributed by atoms with van der Waals surface area (Å²) in [5.41, 5.74) is 12.2. The molecule has 0 aliphatic carbocycles. The number of pyridine rings is 1. The van der Waals surface area contributed by atoms with Crippen LogP contribution in [0.4, 0.5) is 5.82 Å². The van der Waals surface area contributed by atoms with Crippen LogP contribution in [0.2, 0.25) is 0 Å². The topological polar surface area (TPSA) is 64.1 Å². The molecular formula is C22H26N4O. The highest BCUT2D eigenvalue weighted by atomic mass is 16.1.